The van der Waals surface area contributed by atoms with Gasteiger partial charge in [-0.2, -0.15) is 5.21 Å². The topological polar surface area (TPSA) is 83.6 Å². The minimum Gasteiger partial charge on any atom is -0.326 e. The number of anilines is 1. The number of carbonyl (C=O) groups is 1. The van der Waals surface area contributed by atoms with Gasteiger partial charge in [0.2, 0.25) is 11.7 Å². The van der Waals surface area contributed by atoms with Crippen LogP contribution in [0.25, 0.3) is 11.4 Å². The van der Waals surface area contributed by atoms with Crippen LogP contribution in [0.15, 0.2) is 48.5 Å². The van der Waals surface area contributed by atoms with Crippen LogP contribution in [0.3, 0.4) is 0 Å². The fourth-order valence-electron chi connectivity index (χ4n) is 2.01. The Kier molecular flexibility index (Phi) is 3.86. The Hall–Kier alpha value is -3.09. The molecule has 1 amide bonds. The average Bonchev–Trinajstić information content (AvgIpc) is 3.05. The summed E-state index contributed by atoms with van der Waals surface area (Å²) in [6.07, 6.45) is -0.0146. The summed E-state index contributed by atoms with van der Waals surface area (Å²) in [6.45, 7) is 0. The van der Waals surface area contributed by atoms with Gasteiger partial charge in [-0.15, -0.1) is 10.2 Å². The number of hydrogen-bond acceptors (Lipinski definition) is 4. The van der Waals surface area contributed by atoms with Crippen molar-refractivity contribution in [2.75, 3.05) is 5.32 Å². The van der Waals surface area contributed by atoms with Crippen LogP contribution in [0, 0.1) is 5.82 Å². The van der Waals surface area contributed by atoms with Crippen molar-refractivity contribution in [3.63, 3.8) is 0 Å². The van der Waals surface area contributed by atoms with Gasteiger partial charge in [-0.3, -0.25) is 4.79 Å². The molecule has 22 heavy (non-hydrogen) atoms. The zero-order valence-electron chi connectivity index (χ0n) is 11.5. The van der Waals surface area contributed by atoms with E-state index in [1.807, 2.05) is 0 Å². The molecule has 0 unspecified atom stereocenters. The normalized spacial score (nSPS) is 10.4. The lowest BCUT2D eigenvalue weighted by molar-refractivity contribution is -0.115. The Balaban J connectivity index is 1.66. The molecule has 3 rings (SSSR count). The second-order valence-corrected chi connectivity index (χ2v) is 4.63. The smallest absolute Gasteiger partial charge is 0.228 e. The predicted molar refractivity (Wildman–Crippen MR) is 78.3 cm³/mol. The molecule has 0 radical (unpaired) electrons. The molecule has 2 aromatic carbocycles. The van der Waals surface area contributed by atoms with E-state index in [1.54, 1.807) is 42.5 Å². The second kappa shape index (κ2) is 6.13. The second-order valence-electron chi connectivity index (χ2n) is 4.63. The van der Waals surface area contributed by atoms with Crippen molar-refractivity contribution in [2.45, 2.75) is 6.42 Å². The number of aromatic nitrogens is 4. The van der Waals surface area contributed by atoms with Crippen LogP contribution >= 0.6 is 0 Å². The zero-order chi connectivity index (χ0) is 15.4. The van der Waals surface area contributed by atoms with Crippen LogP contribution in [0.4, 0.5) is 10.1 Å². The lowest BCUT2D eigenvalue weighted by Crippen LogP contribution is -2.15. The van der Waals surface area contributed by atoms with Crippen molar-refractivity contribution in [1.29, 1.82) is 0 Å². The minimum absolute atomic E-state index is 0.0146. The highest BCUT2D eigenvalue weighted by molar-refractivity contribution is 5.92. The number of halogens is 1. The first-order valence-electron chi connectivity index (χ1n) is 6.59. The van der Waals surface area contributed by atoms with Gasteiger partial charge in [0.05, 0.1) is 6.42 Å². The van der Waals surface area contributed by atoms with E-state index >= 15 is 0 Å². The van der Waals surface area contributed by atoms with Gasteiger partial charge in [-0.1, -0.05) is 18.2 Å². The third kappa shape index (κ3) is 3.14. The molecular weight excluding hydrogens is 285 g/mol. The summed E-state index contributed by atoms with van der Waals surface area (Å²) < 4.78 is 13.5. The van der Waals surface area contributed by atoms with Gasteiger partial charge in [0.15, 0.2) is 0 Å². The van der Waals surface area contributed by atoms with E-state index in [2.05, 4.69) is 25.9 Å². The lowest BCUT2D eigenvalue weighted by atomic mass is 10.1. The van der Waals surface area contributed by atoms with Crippen LogP contribution < -0.4 is 5.32 Å². The standard InChI is InChI=1S/C15H12FN5O/c16-13-4-2-1-3-11(13)9-14(22)17-12-7-5-10(6-8-12)15-18-20-21-19-15/h1-8H,9H2,(H,17,22)(H,18,19,20,21). The fourth-order valence-corrected chi connectivity index (χ4v) is 2.01. The zero-order valence-corrected chi connectivity index (χ0v) is 11.5. The number of hydrogen-bond donors (Lipinski definition) is 2. The Labute approximate surface area is 125 Å². The molecular formula is C15H12FN5O. The summed E-state index contributed by atoms with van der Waals surface area (Å²) in [5.74, 6) is -0.188. The number of nitrogens with zero attached hydrogens (tertiary/aromatic N) is 3. The third-order valence-corrected chi connectivity index (χ3v) is 3.08. The van der Waals surface area contributed by atoms with Gasteiger partial charge in [-0.25, -0.2) is 4.39 Å². The molecule has 0 aliphatic rings. The van der Waals surface area contributed by atoms with Crippen molar-refractivity contribution < 1.29 is 9.18 Å². The van der Waals surface area contributed by atoms with E-state index in [0.717, 1.165) is 5.56 Å². The van der Waals surface area contributed by atoms with Gasteiger partial charge in [0.1, 0.15) is 5.82 Å². The number of nitrogens with one attached hydrogen (secondary N) is 2. The number of rotatable bonds is 4. The van der Waals surface area contributed by atoms with E-state index < -0.39 is 0 Å². The first-order chi connectivity index (χ1) is 10.7. The summed E-state index contributed by atoms with van der Waals surface area (Å²) in [7, 11) is 0. The monoisotopic (exact) mass is 297 g/mol. The van der Waals surface area contributed by atoms with Crippen molar-refractivity contribution >= 4 is 11.6 Å². The molecule has 0 fully saturated rings. The highest BCUT2D eigenvalue weighted by Gasteiger charge is 2.08. The number of amides is 1. The molecule has 0 atom stereocenters. The van der Waals surface area contributed by atoms with Crippen LogP contribution in [0.1, 0.15) is 5.56 Å². The molecule has 1 heterocycles. The van der Waals surface area contributed by atoms with E-state index in [-0.39, 0.29) is 18.1 Å². The molecule has 2 N–H and O–H groups in total. The lowest BCUT2D eigenvalue weighted by Gasteiger charge is -2.06. The van der Waals surface area contributed by atoms with E-state index in [9.17, 15) is 9.18 Å². The summed E-state index contributed by atoms with van der Waals surface area (Å²) in [6, 6.07) is 13.2. The Morgan fingerprint density at radius 1 is 1.14 bits per heavy atom. The van der Waals surface area contributed by atoms with Crippen LogP contribution in [-0.4, -0.2) is 26.5 Å². The van der Waals surface area contributed by atoms with Gasteiger partial charge in [0, 0.05) is 11.3 Å². The summed E-state index contributed by atoms with van der Waals surface area (Å²) in [5.41, 5.74) is 1.76. The fraction of sp³-hybridized carbons (Fsp3) is 0.0667. The first-order valence-corrected chi connectivity index (χ1v) is 6.59. The third-order valence-electron chi connectivity index (χ3n) is 3.08. The van der Waals surface area contributed by atoms with Crippen molar-refractivity contribution in [2.24, 2.45) is 0 Å². The van der Waals surface area contributed by atoms with Crippen molar-refractivity contribution in [3.05, 3.63) is 59.9 Å². The summed E-state index contributed by atoms with van der Waals surface area (Å²) in [4.78, 5) is 11.9. The number of aromatic amines is 1. The minimum atomic E-state index is -0.384. The van der Waals surface area contributed by atoms with Gasteiger partial charge < -0.3 is 5.32 Å². The maximum atomic E-state index is 13.5. The molecule has 0 bridgehead atoms. The van der Waals surface area contributed by atoms with E-state index in [0.29, 0.717) is 17.1 Å². The molecule has 1 aromatic heterocycles. The highest BCUT2D eigenvalue weighted by Crippen LogP contribution is 2.17. The number of carbonyl (C=O) groups excluding carboxylic acids is 1. The Morgan fingerprint density at radius 3 is 2.59 bits per heavy atom. The molecule has 110 valence electrons. The Morgan fingerprint density at radius 2 is 1.91 bits per heavy atom. The molecule has 0 aliphatic carbocycles. The van der Waals surface area contributed by atoms with Crippen LogP contribution in [0.5, 0.6) is 0 Å². The quantitative estimate of drug-likeness (QED) is 0.773. The van der Waals surface area contributed by atoms with Gasteiger partial charge in [-0.05, 0) is 41.1 Å². The molecule has 0 saturated carbocycles. The Bertz CT molecular complexity index is 771. The van der Waals surface area contributed by atoms with Gasteiger partial charge >= 0.3 is 0 Å². The predicted octanol–water partition coefficient (Wildman–Crippen LogP) is 2.19. The summed E-state index contributed by atoms with van der Waals surface area (Å²) >= 11 is 0. The summed E-state index contributed by atoms with van der Waals surface area (Å²) in [5, 5.41) is 16.3. The van der Waals surface area contributed by atoms with Crippen molar-refractivity contribution in [1.82, 2.24) is 20.6 Å². The molecule has 0 aliphatic heterocycles. The molecule has 3 aromatic rings. The number of H-pyrrole nitrogens is 1. The van der Waals surface area contributed by atoms with E-state index in [1.165, 1.54) is 6.07 Å². The van der Waals surface area contributed by atoms with Crippen LogP contribution in [0.2, 0.25) is 0 Å². The molecule has 0 saturated heterocycles. The number of tetrazole rings is 1. The molecule has 6 nitrogen and oxygen atoms in total. The molecule has 0 spiro atoms. The van der Waals surface area contributed by atoms with Gasteiger partial charge in [0.25, 0.3) is 0 Å². The number of benzene rings is 2. The van der Waals surface area contributed by atoms with E-state index in [4.69, 9.17) is 0 Å². The maximum absolute atomic E-state index is 13.5. The average molecular weight is 297 g/mol. The largest absolute Gasteiger partial charge is 0.326 e. The molecule has 7 heteroatoms. The highest BCUT2D eigenvalue weighted by atomic mass is 19.1. The van der Waals surface area contributed by atoms with Crippen LogP contribution in [-0.2, 0) is 11.2 Å². The SMILES string of the molecule is O=C(Cc1ccccc1F)Nc1ccc(-c2nn[nH]n2)cc1. The maximum Gasteiger partial charge on any atom is 0.228 e. The van der Waals surface area contributed by atoms with Crippen molar-refractivity contribution in [3.8, 4) is 11.4 Å². The first kappa shape index (κ1) is 13.9.